The van der Waals surface area contributed by atoms with Crippen LogP contribution in [0.1, 0.15) is 30.5 Å². The number of anilines is 1. The minimum absolute atomic E-state index is 0.0161. The maximum absolute atomic E-state index is 14.4. The smallest absolute Gasteiger partial charge is 0.264 e. The van der Waals surface area contributed by atoms with Crippen molar-refractivity contribution in [1.82, 2.24) is 10.2 Å². The lowest BCUT2D eigenvalue weighted by molar-refractivity contribution is -0.140. The zero-order valence-electron chi connectivity index (χ0n) is 25.6. The first-order chi connectivity index (χ1) is 21.6. The van der Waals surface area contributed by atoms with E-state index in [4.69, 9.17) is 4.74 Å². The largest absolute Gasteiger partial charge is 0.494 e. The Morgan fingerprint density at radius 2 is 1.53 bits per heavy atom. The number of likely N-dealkylation sites (N-methyl/N-ethyl adjacent to an activating group) is 1. The summed E-state index contributed by atoms with van der Waals surface area (Å²) in [4.78, 5) is 29.5. The third-order valence-electron chi connectivity index (χ3n) is 7.19. The fraction of sp³-hybridized carbons (Fsp3) is 0.257. The molecule has 4 rings (SSSR count). The Balaban J connectivity index is 1.78. The van der Waals surface area contributed by atoms with Crippen LogP contribution in [0.5, 0.6) is 5.75 Å². The first kappa shape index (κ1) is 33.7. The summed E-state index contributed by atoms with van der Waals surface area (Å²) in [6, 6.07) is 29.1. The number of aryl methyl sites for hydroxylation is 1. The van der Waals surface area contributed by atoms with Crippen LogP contribution in [0.4, 0.5) is 5.69 Å². The van der Waals surface area contributed by atoms with E-state index < -0.39 is 28.5 Å². The quantitative estimate of drug-likeness (QED) is 0.172. The average molecular weight is 693 g/mol. The van der Waals surface area contributed by atoms with E-state index in [0.717, 1.165) is 25.5 Å². The maximum Gasteiger partial charge on any atom is 0.264 e. The fourth-order valence-corrected chi connectivity index (χ4v) is 6.78. The number of hydrogen-bond donors (Lipinski definition) is 1. The van der Waals surface area contributed by atoms with Gasteiger partial charge in [0.2, 0.25) is 11.8 Å². The second-order valence-corrected chi connectivity index (χ2v) is 13.3. The molecule has 0 aliphatic rings. The van der Waals surface area contributed by atoms with Crippen molar-refractivity contribution in [3.63, 3.8) is 0 Å². The van der Waals surface area contributed by atoms with Crippen LogP contribution in [0.2, 0.25) is 0 Å². The second-order valence-electron chi connectivity index (χ2n) is 10.5. The maximum atomic E-state index is 14.4. The molecule has 0 saturated heterocycles. The molecular weight excluding hydrogens is 654 g/mol. The fourth-order valence-electron chi connectivity index (χ4n) is 4.92. The first-order valence-corrected chi connectivity index (χ1v) is 17.0. The summed E-state index contributed by atoms with van der Waals surface area (Å²) in [6.45, 7) is 5.97. The highest BCUT2D eigenvalue weighted by Gasteiger charge is 2.34. The van der Waals surface area contributed by atoms with Crippen molar-refractivity contribution in [1.29, 1.82) is 0 Å². The van der Waals surface area contributed by atoms with E-state index in [1.807, 2.05) is 75.4 Å². The number of ether oxygens (including phenoxy) is 1. The molecule has 0 aliphatic carbocycles. The molecule has 0 aromatic heterocycles. The van der Waals surface area contributed by atoms with E-state index >= 15 is 0 Å². The number of nitrogens with one attached hydrogen (secondary N) is 1. The van der Waals surface area contributed by atoms with Crippen molar-refractivity contribution in [2.45, 2.75) is 44.7 Å². The van der Waals surface area contributed by atoms with Gasteiger partial charge >= 0.3 is 0 Å². The summed E-state index contributed by atoms with van der Waals surface area (Å²) >= 11 is 3.50. The van der Waals surface area contributed by atoms with Crippen LogP contribution < -0.4 is 14.4 Å². The van der Waals surface area contributed by atoms with Crippen LogP contribution in [0.3, 0.4) is 0 Å². The highest BCUT2D eigenvalue weighted by molar-refractivity contribution is 9.10. The normalized spacial score (nSPS) is 11.8. The lowest BCUT2D eigenvalue weighted by Gasteiger charge is -2.34. The molecule has 4 aromatic rings. The summed E-state index contributed by atoms with van der Waals surface area (Å²) in [5, 5.41) is 2.88. The lowest BCUT2D eigenvalue weighted by Crippen LogP contribution is -2.53. The summed E-state index contributed by atoms with van der Waals surface area (Å²) in [6.07, 6.45) is 0.253. The lowest BCUT2D eigenvalue weighted by atomic mass is 10.0. The Morgan fingerprint density at radius 3 is 2.16 bits per heavy atom. The van der Waals surface area contributed by atoms with Crippen LogP contribution in [-0.4, -0.2) is 50.9 Å². The van der Waals surface area contributed by atoms with E-state index in [9.17, 15) is 18.0 Å². The first-order valence-electron chi connectivity index (χ1n) is 14.8. The van der Waals surface area contributed by atoms with E-state index in [-0.39, 0.29) is 23.8 Å². The number of amides is 2. The van der Waals surface area contributed by atoms with Gasteiger partial charge in [-0.25, -0.2) is 8.42 Å². The number of rotatable bonds is 14. The zero-order valence-corrected chi connectivity index (χ0v) is 28.1. The van der Waals surface area contributed by atoms with Gasteiger partial charge in [-0.15, -0.1) is 0 Å². The van der Waals surface area contributed by atoms with Crippen LogP contribution in [-0.2, 0) is 32.6 Å². The van der Waals surface area contributed by atoms with Crippen molar-refractivity contribution < 1.29 is 22.7 Å². The van der Waals surface area contributed by atoms with Gasteiger partial charge in [0.1, 0.15) is 18.3 Å². The molecule has 0 saturated carbocycles. The molecule has 4 aromatic carbocycles. The van der Waals surface area contributed by atoms with Gasteiger partial charge in [0.05, 0.1) is 17.2 Å². The number of benzene rings is 4. The highest BCUT2D eigenvalue weighted by atomic mass is 79.9. The summed E-state index contributed by atoms with van der Waals surface area (Å²) < 4.78 is 35.8. The molecule has 0 fully saturated rings. The molecule has 2 amide bonds. The molecule has 10 heteroatoms. The minimum atomic E-state index is -4.20. The van der Waals surface area contributed by atoms with Crippen molar-refractivity contribution >= 4 is 43.5 Å². The Bertz CT molecular complexity index is 1680. The van der Waals surface area contributed by atoms with Crippen LogP contribution in [0.25, 0.3) is 0 Å². The summed E-state index contributed by atoms with van der Waals surface area (Å²) in [5.74, 6) is -0.293. The Kier molecular flexibility index (Phi) is 11.8. The van der Waals surface area contributed by atoms with Gasteiger partial charge in [-0.05, 0) is 80.4 Å². The molecule has 8 nitrogen and oxygen atoms in total. The molecule has 0 bridgehead atoms. The van der Waals surface area contributed by atoms with Crippen molar-refractivity contribution in [2.24, 2.45) is 0 Å². The van der Waals surface area contributed by atoms with E-state index in [1.165, 1.54) is 17.0 Å². The molecule has 0 unspecified atom stereocenters. The van der Waals surface area contributed by atoms with E-state index in [0.29, 0.717) is 24.6 Å². The number of halogens is 1. The standard InChI is InChI=1S/C35H38BrN3O5S/c1-4-37-35(41)33(23-27-10-7-6-8-11-27)38(24-28-12-9-13-29(36)22-28)34(40)25-39(30-16-14-26(3)15-17-30)45(42,43)32-20-18-31(19-21-32)44-5-2/h6-22,33H,4-5,23-25H2,1-3H3,(H,37,41)/t33-/m1/s1. The molecular formula is C35H38BrN3O5S. The second kappa shape index (κ2) is 15.7. The number of hydrogen-bond acceptors (Lipinski definition) is 5. The molecule has 0 heterocycles. The van der Waals surface area contributed by atoms with Crippen LogP contribution in [0.15, 0.2) is 112 Å². The van der Waals surface area contributed by atoms with Gasteiger partial charge in [-0.2, -0.15) is 0 Å². The summed E-state index contributed by atoms with van der Waals surface area (Å²) in [7, 11) is -4.20. The third kappa shape index (κ3) is 8.95. The van der Waals surface area contributed by atoms with Crippen LogP contribution >= 0.6 is 15.9 Å². The number of nitrogens with zero attached hydrogens (tertiary/aromatic N) is 2. The van der Waals surface area contributed by atoms with Gasteiger partial charge in [0.15, 0.2) is 0 Å². The zero-order chi connectivity index (χ0) is 32.4. The van der Waals surface area contributed by atoms with Gasteiger partial charge in [-0.3, -0.25) is 13.9 Å². The van der Waals surface area contributed by atoms with Crippen molar-refractivity contribution in [2.75, 3.05) is 24.0 Å². The molecule has 45 heavy (non-hydrogen) atoms. The molecule has 1 atom stereocenters. The molecule has 1 N–H and O–H groups in total. The van der Waals surface area contributed by atoms with E-state index in [2.05, 4.69) is 21.2 Å². The SMILES string of the molecule is CCNC(=O)[C@@H](Cc1ccccc1)N(Cc1cccc(Br)c1)C(=O)CN(c1ccc(C)cc1)S(=O)(=O)c1ccc(OCC)cc1. The van der Waals surface area contributed by atoms with Crippen molar-refractivity contribution in [3.8, 4) is 5.75 Å². The Labute approximate surface area is 274 Å². The molecule has 0 spiro atoms. The van der Waals surface area contributed by atoms with Gasteiger partial charge in [0.25, 0.3) is 10.0 Å². The number of carbonyl (C=O) groups excluding carboxylic acids is 2. The van der Waals surface area contributed by atoms with Gasteiger partial charge in [0, 0.05) is 24.0 Å². The predicted molar refractivity (Wildman–Crippen MR) is 181 cm³/mol. The third-order valence-corrected chi connectivity index (χ3v) is 9.47. The van der Waals surface area contributed by atoms with Gasteiger partial charge in [-0.1, -0.05) is 76.1 Å². The molecule has 0 radical (unpaired) electrons. The number of carbonyl (C=O) groups is 2. The summed E-state index contributed by atoms with van der Waals surface area (Å²) in [5.41, 5.74) is 2.94. The minimum Gasteiger partial charge on any atom is -0.494 e. The van der Waals surface area contributed by atoms with E-state index in [1.54, 1.807) is 36.4 Å². The predicted octanol–water partition coefficient (Wildman–Crippen LogP) is 6.13. The van der Waals surface area contributed by atoms with Crippen molar-refractivity contribution in [3.05, 3.63) is 124 Å². The number of sulfonamides is 1. The average Bonchev–Trinajstić information content (AvgIpc) is 3.03. The Hall–Kier alpha value is -4.15. The molecule has 0 aliphatic heterocycles. The highest BCUT2D eigenvalue weighted by Crippen LogP contribution is 2.27. The topological polar surface area (TPSA) is 96.0 Å². The van der Waals surface area contributed by atoms with Gasteiger partial charge < -0.3 is 15.0 Å². The Morgan fingerprint density at radius 1 is 0.867 bits per heavy atom. The monoisotopic (exact) mass is 691 g/mol. The molecule has 236 valence electrons. The van der Waals surface area contributed by atoms with Crippen LogP contribution in [0, 0.1) is 6.92 Å².